The van der Waals surface area contributed by atoms with E-state index in [9.17, 15) is 4.79 Å². The Morgan fingerprint density at radius 1 is 1.00 bits per heavy atom. The Morgan fingerprint density at radius 2 is 1.74 bits per heavy atom. The Bertz CT molecular complexity index is 730. The SMILES string of the molecule is O=C(NC1CCCC1)c1ccc(N2CCC(Cc3ccccc3)CC2)nc1. The van der Waals surface area contributed by atoms with Crippen LogP contribution in [-0.2, 0) is 6.42 Å². The minimum absolute atomic E-state index is 0.0162. The number of anilines is 1. The van der Waals surface area contributed by atoms with E-state index in [4.69, 9.17) is 0 Å². The first kappa shape index (κ1) is 18.0. The zero-order valence-electron chi connectivity index (χ0n) is 15.9. The molecule has 0 atom stereocenters. The smallest absolute Gasteiger partial charge is 0.253 e. The van der Waals surface area contributed by atoms with E-state index in [1.807, 2.05) is 12.1 Å². The van der Waals surface area contributed by atoms with Crippen LogP contribution < -0.4 is 10.2 Å². The van der Waals surface area contributed by atoms with Gasteiger partial charge in [-0.2, -0.15) is 0 Å². The van der Waals surface area contributed by atoms with E-state index in [2.05, 4.69) is 45.5 Å². The summed E-state index contributed by atoms with van der Waals surface area (Å²) in [6, 6.07) is 15.0. The van der Waals surface area contributed by atoms with Gasteiger partial charge in [0.2, 0.25) is 0 Å². The van der Waals surface area contributed by atoms with Crippen molar-refractivity contribution in [3.63, 3.8) is 0 Å². The quantitative estimate of drug-likeness (QED) is 0.865. The van der Waals surface area contributed by atoms with Gasteiger partial charge in [-0.15, -0.1) is 0 Å². The molecule has 0 bridgehead atoms. The number of carbonyl (C=O) groups is 1. The summed E-state index contributed by atoms with van der Waals surface area (Å²) in [5.41, 5.74) is 2.11. The van der Waals surface area contributed by atoms with Crippen molar-refractivity contribution >= 4 is 11.7 Å². The standard InChI is InChI=1S/C23H29N3O/c27-23(25-21-8-4-5-9-21)20-10-11-22(24-17-20)26-14-12-19(13-15-26)16-18-6-2-1-3-7-18/h1-3,6-7,10-11,17,19,21H,4-5,8-9,12-16H2,(H,25,27). The van der Waals surface area contributed by atoms with Crippen LogP contribution in [0.3, 0.4) is 0 Å². The maximum atomic E-state index is 12.3. The molecule has 27 heavy (non-hydrogen) atoms. The number of hydrogen-bond acceptors (Lipinski definition) is 3. The third kappa shape index (κ3) is 4.68. The fourth-order valence-electron chi connectivity index (χ4n) is 4.36. The second-order valence-electron chi connectivity index (χ2n) is 7.98. The van der Waals surface area contributed by atoms with Crippen molar-refractivity contribution < 1.29 is 4.79 Å². The lowest BCUT2D eigenvalue weighted by Crippen LogP contribution is -2.35. The first-order valence-electron chi connectivity index (χ1n) is 10.3. The van der Waals surface area contributed by atoms with Gasteiger partial charge in [0.25, 0.3) is 5.91 Å². The van der Waals surface area contributed by atoms with Crippen molar-refractivity contribution in [2.24, 2.45) is 5.92 Å². The molecule has 4 nitrogen and oxygen atoms in total. The van der Waals surface area contributed by atoms with Gasteiger partial charge in [0, 0.05) is 25.3 Å². The van der Waals surface area contributed by atoms with Crippen LogP contribution in [0.25, 0.3) is 0 Å². The van der Waals surface area contributed by atoms with E-state index < -0.39 is 0 Å². The van der Waals surface area contributed by atoms with Crippen molar-refractivity contribution in [2.75, 3.05) is 18.0 Å². The summed E-state index contributed by atoms with van der Waals surface area (Å²) in [5.74, 6) is 1.76. The summed E-state index contributed by atoms with van der Waals surface area (Å²) in [5, 5.41) is 3.13. The molecule has 1 aliphatic heterocycles. The molecule has 0 unspecified atom stereocenters. The molecular weight excluding hydrogens is 334 g/mol. The molecule has 1 aromatic heterocycles. The molecule has 1 aromatic carbocycles. The molecule has 4 rings (SSSR count). The van der Waals surface area contributed by atoms with Gasteiger partial charge in [0.15, 0.2) is 0 Å². The molecule has 2 fully saturated rings. The molecule has 1 amide bonds. The maximum Gasteiger partial charge on any atom is 0.253 e. The van der Waals surface area contributed by atoms with Crippen LogP contribution in [-0.4, -0.2) is 30.0 Å². The van der Waals surface area contributed by atoms with Gasteiger partial charge in [0.05, 0.1) is 5.56 Å². The van der Waals surface area contributed by atoms with Crippen LogP contribution in [0.2, 0.25) is 0 Å². The number of pyridine rings is 1. The Morgan fingerprint density at radius 3 is 2.41 bits per heavy atom. The van der Waals surface area contributed by atoms with Crippen LogP contribution in [0.4, 0.5) is 5.82 Å². The third-order valence-corrected chi connectivity index (χ3v) is 6.01. The van der Waals surface area contributed by atoms with Crippen LogP contribution in [0, 0.1) is 5.92 Å². The van der Waals surface area contributed by atoms with Crippen molar-refractivity contribution in [1.29, 1.82) is 0 Å². The third-order valence-electron chi connectivity index (χ3n) is 6.01. The van der Waals surface area contributed by atoms with Gasteiger partial charge in [-0.3, -0.25) is 4.79 Å². The highest BCUT2D eigenvalue weighted by Crippen LogP contribution is 2.25. The predicted molar refractivity (Wildman–Crippen MR) is 109 cm³/mol. The van der Waals surface area contributed by atoms with Crippen LogP contribution in [0.15, 0.2) is 48.7 Å². The largest absolute Gasteiger partial charge is 0.357 e. The monoisotopic (exact) mass is 363 g/mol. The summed E-state index contributed by atoms with van der Waals surface area (Å²) < 4.78 is 0. The number of carbonyl (C=O) groups excluding carboxylic acids is 1. The Balaban J connectivity index is 1.29. The van der Waals surface area contributed by atoms with E-state index in [0.717, 1.165) is 37.7 Å². The minimum Gasteiger partial charge on any atom is -0.357 e. The summed E-state index contributed by atoms with van der Waals surface area (Å²) in [6.07, 6.45) is 9.95. The Labute approximate surface area is 162 Å². The second-order valence-corrected chi connectivity index (χ2v) is 7.98. The zero-order chi connectivity index (χ0) is 18.5. The van der Waals surface area contributed by atoms with E-state index >= 15 is 0 Å². The number of amides is 1. The number of rotatable bonds is 5. The first-order chi connectivity index (χ1) is 13.3. The van der Waals surface area contributed by atoms with Gasteiger partial charge in [-0.1, -0.05) is 43.2 Å². The van der Waals surface area contributed by atoms with Crippen LogP contribution in [0.5, 0.6) is 0 Å². The van der Waals surface area contributed by atoms with Crippen LogP contribution >= 0.6 is 0 Å². The van der Waals surface area contributed by atoms with Crippen LogP contribution in [0.1, 0.15) is 54.4 Å². The van der Waals surface area contributed by atoms with Gasteiger partial charge in [-0.05, 0) is 55.7 Å². The van der Waals surface area contributed by atoms with E-state index in [1.54, 1.807) is 6.20 Å². The second kappa shape index (κ2) is 8.55. The molecule has 0 radical (unpaired) electrons. The Kier molecular flexibility index (Phi) is 5.71. The number of nitrogens with zero attached hydrogens (tertiary/aromatic N) is 2. The number of nitrogens with one attached hydrogen (secondary N) is 1. The molecule has 1 saturated heterocycles. The summed E-state index contributed by atoms with van der Waals surface area (Å²) in [6.45, 7) is 2.08. The molecule has 4 heteroatoms. The van der Waals surface area contributed by atoms with Crippen molar-refractivity contribution in [3.05, 3.63) is 59.8 Å². The molecule has 1 saturated carbocycles. The number of piperidine rings is 1. The lowest BCUT2D eigenvalue weighted by atomic mass is 9.90. The van der Waals surface area contributed by atoms with E-state index in [1.165, 1.54) is 37.7 Å². The molecule has 2 heterocycles. The minimum atomic E-state index is 0.0162. The van der Waals surface area contributed by atoms with Crippen molar-refractivity contribution in [2.45, 2.75) is 51.0 Å². The first-order valence-corrected chi connectivity index (χ1v) is 10.3. The summed E-state index contributed by atoms with van der Waals surface area (Å²) in [7, 11) is 0. The topological polar surface area (TPSA) is 45.2 Å². The zero-order valence-corrected chi connectivity index (χ0v) is 15.9. The van der Waals surface area contributed by atoms with Gasteiger partial charge >= 0.3 is 0 Å². The average Bonchev–Trinajstić information content (AvgIpc) is 3.22. The molecule has 2 aliphatic rings. The predicted octanol–water partition coefficient (Wildman–Crippen LogP) is 4.21. The highest BCUT2D eigenvalue weighted by Gasteiger charge is 2.21. The molecule has 2 aromatic rings. The molecule has 0 spiro atoms. The fraction of sp³-hybridized carbons (Fsp3) is 0.478. The maximum absolute atomic E-state index is 12.3. The highest BCUT2D eigenvalue weighted by molar-refractivity contribution is 5.94. The van der Waals surface area contributed by atoms with Gasteiger partial charge in [-0.25, -0.2) is 4.98 Å². The molecular formula is C23H29N3O. The molecule has 1 N–H and O–H groups in total. The number of aromatic nitrogens is 1. The Hall–Kier alpha value is -2.36. The molecule has 142 valence electrons. The van der Waals surface area contributed by atoms with Crippen molar-refractivity contribution in [3.8, 4) is 0 Å². The number of benzene rings is 1. The average molecular weight is 364 g/mol. The lowest BCUT2D eigenvalue weighted by molar-refractivity contribution is 0.0937. The fourth-order valence-corrected chi connectivity index (χ4v) is 4.36. The van der Waals surface area contributed by atoms with E-state index in [-0.39, 0.29) is 5.91 Å². The summed E-state index contributed by atoms with van der Waals surface area (Å²) in [4.78, 5) is 19.3. The molecule has 1 aliphatic carbocycles. The normalized spacial score (nSPS) is 18.6. The summed E-state index contributed by atoms with van der Waals surface area (Å²) >= 11 is 0. The van der Waals surface area contributed by atoms with Gasteiger partial charge < -0.3 is 10.2 Å². The van der Waals surface area contributed by atoms with Gasteiger partial charge in [0.1, 0.15) is 5.82 Å². The lowest BCUT2D eigenvalue weighted by Gasteiger charge is -2.33. The van der Waals surface area contributed by atoms with Crippen molar-refractivity contribution in [1.82, 2.24) is 10.3 Å². The number of hydrogen-bond donors (Lipinski definition) is 1. The highest BCUT2D eigenvalue weighted by atomic mass is 16.1. The van der Waals surface area contributed by atoms with E-state index in [0.29, 0.717) is 11.6 Å².